The number of hydrogen-bond acceptors (Lipinski definition) is 6. The standard InChI is InChI=1S/C18H20N6O/c19-7-6-16-5-1-2-9-24(16)17(25)15-12-22-18(23-13-15)21-11-14-4-3-8-20-10-14/h3-4,8,10,12-13,16H,1-2,5-6,9,11H2,(H,21,22,23). The van der Waals surface area contributed by atoms with Crippen molar-refractivity contribution in [3.63, 3.8) is 0 Å². The molecule has 0 saturated carbocycles. The van der Waals surface area contributed by atoms with Crippen molar-refractivity contribution in [3.8, 4) is 6.07 Å². The second kappa shape index (κ2) is 8.20. The van der Waals surface area contributed by atoms with E-state index in [2.05, 4.69) is 26.3 Å². The first kappa shape index (κ1) is 16.8. The number of hydrogen-bond donors (Lipinski definition) is 1. The van der Waals surface area contributed by atoms with E-state index in [1.807, 2.05) is 12.1 Å². The van der Waals surface area contributed by atoms with Crippen LogP contribution in [0.15, 0.2) is 36.9 Å². The van der Waals surface area contributed by atoms with Crippen LogP contribution in [0.1, 0.15) is 41.6 Å². The van der Waals surface area contributed by atoms with Crippen LogP contribution in [0, 0.1) is 11.3 Å². The Morgan fingerprint density at radius 1 is 1.32 bits per heavy atom. The van der Waals surface area contributed by atoms with E-state index in [0.717, 1.165) is 24.8 Å². The summed E-state index contributed by atoms with van der Waals surface area (Å²) < 4.78 is 0. The molecule has 1 fully saturated rings. The Balaban J connectivity index is 1.63. The van der Waals surface area contributed by atoms with Crippen molar-refractivity contribution in [2.24, 2.45) is 0 Å². The number of nitrogens with one attached hydrogen (secondary N) is 1. The van der Waals surface area contributed by atoms with E-state index in [1.165, 1.54) is 0 Å². The monoisotopic (exact) mass is 336 g/mol. The highest BCUT2D eigenvalue weighted by atomic mass is 16.2. The van der Waals surface area contributed by atoms with Gasteiger partial charge in [-0.3, -0.25) is 9.78 Å². The quantitative estimate of drug-likeness (QED) is 0.901. The van der Waals surface area contributed by atoms with Crippen molar-refractivity contribution in [3.05, 3.63) is 48.0 Å². The number of rotatable bonds is 5. The van der Waals surface area contributed by atoms with E-state index in [1.54, 1.807) is 29.7 Å². The predicted molar refractivity (Wildman–Crippen MR) is 92.5 cm³/mol. The molecule has 3 rings (SSSR count). The average Bonchev–Trinajstić information content (AvgIpc) is 2.68. The van der Waals surface area contributed by atoms with Gasteiger partial charge in [0.15, 0.2) is 0 Å². The zero-order valence-corrected chi connectivity index (χ0v) is 13.9. The summed E-state index contributed by atoms with van der Waals surface area (Å²) in [4.78, 5) is 27.0. The van der Waals surface area contributed by atoms with Gasteiger partial charge in [-0.05, 0) is 30.9 Å². The Labute approximate surface area is 146 Å². The Hall–Kier alpha value is -3.01. The largest absolute Gasteiger partial charge is 0.350 e. The number of carbonyl (C=O) groups is 1. The topological polar surface area (TPSA) is 94.8 Å². The highest BCUT2D eigenvalue weighted by molar-refractivity contribution is 5.94. The van der Waals surface area contributed by atoms with Gasteiger partial charge in [0.1, 0.15) is 0 Å². The Bertz CT molecular complexity index is 740. The summed E-state index contributed by atoms with van der Waals surface area (Å²) in [5.74, 6) is 0.367. The molecule has 1 saturated heterocycles. The molecule has 1 amide bonds. The van der Waals surface area contributed by atoms with E-state index >= 15 is 0 Å². The Morgan fingerprint density at radius 2 is 2.16 bits per heavy atom. The lowest BCUT2D eigenvalue weighted by molar-refractivity contribution is 0.0618. The molecular formula is C18H20N6O. The minimum atomic E-state index is -0.0984. The molecule has 128 valence electrons. The first-order valence-electron chi connectivity index (χ1n) is 8.40. The van der Waals surface area contributed by atoms with Crippen molar-refractivity contribution < 1.29 is 4.79 Å². The van der Waals surface area contributed by atoms with Crippen molar-refractivity contribution in [1.29, 1.82) is 5.26 Å². The number of nitriles is 1. The van der Waals surface area contributed by atoms with Crippen LogP contribution in [0.5, 0.6) is 0 Å². The van der Waals surface area contributed by atoms with Gasteiger partial charge in [0.05, 0.1) is 18.1 Å². The molecular weight excluding hydrogens is 316 g/mol. The molecule has 2 aromatic rings. The van der Waals surface area contributed by atoms with Gasteiger partial charge in [-0.2, -0.15) is 5.26 Å². The number of nitrogens with zero attached hydrogens (tertiary/aromatic N) is 5. The van der Waals surface area contributed by atoms with E-state index in [9.17, 15) is 4.79 Å². The summed E-state index contributed by atoms with van der Waals surface area (Å²) in [6.45, 7) is 1.25. The molecule has 0 aromatic carbocycles. The molecule has 1 atom stereocenters. The van der Waals surface area contributed by atoms with Gasteiger partial charge in [0.2, 0.25) is 5.95 Å². The number of piperidine rings is 1. The molecule has 3 heterocycles. The summed E-state index contributed by atoms with van der Waals surface area (Å²) >= 11 is 0. The third-order valence-electron chi connectivity index (χ3n) is 4.29. The third kappa shape index (κ3) is 4.29. The van der Waals surface area contributed by atoms with Crippen molar-refractivity contribution in [2.75, 3.05) is 11.9 Å². The molecule has 1 aliphatic heterocycles. The van der Waals surface area contributed by atoms with Gasteiger partial charge < -0.3 is 10.2 Å². The van der Waals surface area contributed by atoms with E-state index < -0.39 is 0 Å². The smallest absolute Gasteiger partial charge is 0.257 e. The van der Waals surface area contributed by atoms with Gasteiger partial charge in [-0.1, -0.05) is 6.07 Å². The number of aromatic nitrogens is 3. The molecule has 0 spiro atoms. The minimum absolute atomic E-state index is 0.00497. The van der Waals surface area contributed by atoms with Crippen LogP contribution in [0.3, 0.4) is 0 Å². The van der Waals surface area contributed by atoms with Gasteiger partial charge in [-0.25, -0.2) is 9.97 Å². The van der Waals surface area contributed by atoms with Crippen LogP contribution in [0.2, 0.25) is 0 Å². The molecule has 7 nitrogen and oxygen atoms in total. The Kier molecular flexibility index (Phi) is 5.52. The van der Waals surface area contributed by atoms with E-state index in [4.69, 9.17) is 5.26 Å². The van der Waals surface area contributed by atoms with Crippen molar-refractivity contribution in [1.82, 2.24) is 19.9 Å². The molecule has 1 N–H and O–H groups in total. The average molecular weight is 336 g/mol. The van der Waals surface area contributed by atoms with Crippen LogP contribution in [0.4, 0.5) is 5.95 Å². The summed E-state index contributed by atoms with van der Waals surface area (Å²) in [5, 5.41) is 12.1. The normalized spacial score (nSPS) is 16.9. The second-order valence-electron chi connectivity index (χ2n) is 6.02. The van der Waals surface area contributed by atoms with Gasteiger partial charge in [-0.15, -0.1) is 0 Å². The summed E-state index contributed by atoms with van der Waals surface area (Å²) in [7, 11) is 0. The number of amides is 1. The fourth-order valence-corrected chi connectivity index (χ4v) is 2.96. The maximum atomic E-state index is 12.7. The lowest BCUT2D eigenvalue weighted by atomic mass is 9.99. The zero-order valence-electron chi connectivity index (χ0n) is 13.9. The third-order valence-corrected chi connectivity index (χ3v) is 4.29. The lowest BCUT2D eigenvalue weighted by Crippen LogP contribution is -2.43. The molecule has 1 unspecified atom stereocenters. The maximum Gasteiger partial charge on any atom is 0.257 e. The van der Waals surface area contributed by atoms with Crippen molar-refractivity contribution in [2.45, 2.75) is 38.3 Å². The first-order chi connectivity index (χ1) is 12.3. The molecule has 25 heavy (non-hydrogen) atoms. The minimum Gasteiger partial charge on any atom is -0.350 e. The van der Waals surface area contributed by atoms with Crippen LogP contribution < -0.4 is 5.32 Å². The Morgan fingerprint density at radius 3 is 2.88 bits per heavy atom. The van der Waals surface area contributed by atoms with Gasteiger partial charge in [0.25, 0.3) is 5.91 Å². The molecule has 0 aliphatic carbocycles. The van der Waals surface area contributed by atoms with Gasteiger partial charge in [0, 0.05) is 43.9 Å². The van der Waals surface area contributed by atoms with E-state index in [-0.39, 0.29) is 11.9 Å². The summed E-state index contributed by atoms with van der Waals surface area (Å²) in [6.07, 6.45) is 9.86. The number of carbonyl (C=O) groups excluding carboxylic acids is 1. The van der Waals surface area contributed by atoms with Crippen LogP contribution in [0.25, 0.3) is 0 Å². The summed E-state index contributed by atoms with van der Waals surface area (Å²) in [5.41, 5.74) is 1.48. The zero-order chi connectivity index (χ0) is 17.5. The van der Waals surface area contributed by atoms with Crippen molar-refractivity contribution >= 4 is 11.9 Å². The van der Waals surface area contributed by atoms with Crippen LogP contribution in [-0.2, 0) is 6.54 Å². The first-order valence-corrected chi connectivity index (χ1v) is 8.40. The molecule has 1 aliphatic rings. The second-order valence-corrected chi connectivity index (χ2v) is 6.02. The number of likely N-dealkylation sites (tertiary alicyclic amines) is 1. The van der Waals surface area contributed by atoms with Crippen LogP contribution >= 0.6 is 0 Å². The predicted octanol–water partition coefficient (Wildman–Crippen LogP) is 2.39. The van der Waals surface area contributed by atoms with Gasteiger partial charge >= 0.3 is 0 Å². The number of anilines is 1. The van der Waals surface area contributed by atoms with Crippen LogP contribution in [-0.4, -0.2) is 38.3 Å². The summed E-state index contributed by atoms with van der Waals surface area (Å²) in [6, 6.07) is 6.00. The van der Waals surface area contributed by atoms with E-state index in [0.29, 0.717) is 31.0 Å². The highest BCUT2D eigenvalue weighted by Gasteiger charge is 2.27. The lowest BCUT2D eigenvalue weighted by Gasteiger charge is -2.34. The molecule has 0 bridgehead atoms. The molecule has 2 aromatic heterocycles. The molecule has 7 heteroatoms. The maximum absolute atomic E-state index is 12.7. The number of pyridine rings is 1. The molecule has 0 radical (unpaired) electrons. The fraction of sp³-hybridized carbons (Fsp3) is 0.389. The SMILES string of the molecule is N#CCC1CCCCN1C(=O)c1cnc(NCc2cccnc2)nc1. The highest BCUT2D eigenvalue weighted by Crippen LogP contribution is 2.21. The fourth-order valence-electron chi connectivity index (χ4n) is 2.96.